The molecular formula is C12H15F3N2O. The van der Waals surface area contributed by atoms with Crippen molar-refractivity contribution in [2.24, 2.45) is 0 Å². The smallest absolute Gasteiger partial charge is 0.351 e. The second kappa shape index (κ2) is 5.86. The third kappa shape index (κ3) is 3.73. The number of likely N-dealkylation sites (N-methyl/N-ethyl adjacent to an activating group) is 1. The first kappa shape index (κ1) is 14.5. The van der Waals surface area contributed by atoms with E-state index in [2.05, 4.69) is 10.6 Å². The molecule has 0 aromatic heterocycles. The Morgan fingerprint density at radius 2 is 1.94 bits per heavy atom. The van der Waals surface area contributed by atoms with Crippen LogP contribution in [0.1, 0.15) is 18.1 Å². The number of amides is 1. The molecule has 0 fully saturated rings. The van der Waals surface area contributed by atoms with Gasteiger partial charge in [0.25, 0.3) is 0 Å². The molecule has 18 heavy (non-hydrogen) atoms. The second-order valence-corrected chi connectivity index (χ2v) is 3.88. The van der Waals surface area contributed by atoms with Crippen molar-refractivity contribution >= 4 is 5.91 Å². The number of rotatable bonds is 4. The lowest BCUT2D eigenvalue weighted by atomic mass is 10.1. The van der Waals surface area contributed by atoms with Gasteiger partial charge in [0.1, 0.15) is 0 Å². The summed E-state index contributed by atoms with van der Waals surface area (Å²) in [6.45, 7) is 1.49. The summed E-state index contributed by atoms with van der Waals surface area (Å²) in [6, 6.07) is 4.75. The first-order valence-corrected chi connectivity index (χ1v) is 5.46. The molecule has 0 saturated heterocycles. The zero-order chi connectivity index (χ0) is 13.8. The Kier molecular flexibility index (Phi) is 4.72. The molecular weight excluding hydrogens is 245 g/mol. The van der Waals surface area contributed by atoms with Crippen molar-refractivity contribution in [1.82, 2.24) is 10.6 Å². The largest absolute Gasteiger partial charge is 0.416 e. The quantitative estimate of drug-likeness (QED) is 0.868. The first-order chi connectivity index (χ1) is 8.36. The van der Waals surface area contributed by atoms with Gasteiger partial charge in [0.15, 0.2) is 0 Å². The summed E-state index contributed by atoms with van der Waals surface area (Å²) < 4.78 is 38.0. The molecule has 1 atom stereocenters. The van der Waals surface area contributed by atoms with E-state index >= 15 is 0 Å². The molecule has 1 aromatic rings. The molecule has 0 aliphatic heterocycles. The van der Waals surface area contributed by atoms with Crippen molar-refractivity contribution in [1.29, 1.82) is 0 Å². The molecule has 100 valence electrons. The van der Waals surface area contributed by atoms with Gasteiger partial charge in [-0.2, -0.15) is 13.2 Å². The maximum atomic E-state index is 12.7. The minimum Gasteiger partial charge on any atom is -0.351 e. The van der Waals surface area contributed by atoms with Crippen LogP contribution in [0.3, 0.4) is 0 Å². The van der Waals surface area contributed by atoms with E-state index in [4.69, 9.17) is 0 Å². The molecule has 0 heterocycles. The predicted octanol–water partition coefficient (Wildman–Crippen LogP) is 1.93. The Labute approximate surface area is 103 Å². The Morgan fingerprint density at radius 3 is 2.50 bits per heavy atom. The van der Waals surface area contributed by atoms with Crippen molar-refractivity contribution < 1.29 is 18.0 Å². The van der Waals surface area contributed by atoms with Gasteiger partial charge in [-0.25, -0.2) is 0 Å². The van der Waals surface area contributed by atoms with Gasteiger partial charge in [-0.15, -0.1) is 0 Å². The van der Waals surface area contributed by atoms with Crippen molar-refractivity contribution in [2.75, 3.05) is 7.05 Å². The van der Waals surface area contributed by atoms with Crippen molar-refractivity contribution in [3.05, 3.63) is 35.4 Å². The maximum absolute atomic E-state index is 12.7. The molecule has 0 spiro atoms. The van der Waals surface area contributed by atoms with E-state index in [1.165, 1.54) is 18.2 Å². The van der Waals surface area contributed by atoms with Crippen LogP contribution in [0.4, 0.5) is 13.2 Å². The summed E-state index contributed by atoms with van der Waals surface area (Å²) in [5.74, 6) is -0.338. The number of carbonyl (C=O) groups excluding carboxylic acids is 1. The number of benzene rings is 1. The highest BCUT2D eigenvalue weighted by atomic mass is 19.4. The number of hydrogen-bond donors (Lipinski definition) is 2. The SMILES string of the molecule is CNC(C)C(=O)NCc1ccccc1C(F)(F)F. The average Bonchev–Trinajstić information content (AvgIpc) is 2.34. The van der Waals surface area contributed by atoms with E-state index in [1.807, 2.05) is 0 Å². The number of halogens is 3. The highest BCUT2D eigenvalue weighted by molar-refractivity contribution is 5.81. The number of alkyl halides is 3. The minimum atomic E-state index is -4.41. The monoisotopic (exact) mass is 260 g/mol. The number of carbonyl (C=O) groups is 1. The molecule has 0 radical (unpaired) electrons. The molecule has 0 saturated carbocycles. The molecule has 1 aromatic carbocycles. The van der Waals surface area contributed by atoms with Gasteiger partial charge in [-0.05, 0) is 25.6 Å². The fraction of sp³-hybridized carbons (Fsp3) is 0.417. The summed E-state index contributed by atoms with van der Waals surface area (Å²) in [7, 11) is 1.61. The predicted molar refractivity (Wildman–Crippen MR) is 61.8 cm³/mol. The summed E-state index contributed by atoms with van der Waals surface area (Å²) in [5.41, 5.74) is -0.663. The zero-order valence-electron chi connectivity index (χ0n) is 10.1. The van der Waals surface area contributed by atoms with Crippen molar-refractivity contribution in [3.8, 4) is 0 Å². The fourth-order valence-corrected chi connectivity index (χ4v) is 1.42. The summed E-state index contributed by atoms with van der Waals surface area (Å²) >= 11 is 0. The van der Waals surface area contributed by atoms with Crippen LogP contribution in [0.2, 0.25) is 0 Å². The van der Waals surface area contributed by atoms with Crippen LogP contribution in [0.5, 0.6) is 0 Å². The molecule has 1 rings (SSSR count). The molecule has 1 amide bonds. The highest BCUT2D eigenvalue weighted by Gasteiger charge is 2.32. The zero-order valence-corrected chi connectivity index (χ0v) is 10.1. The van der Waals surface area contributed by atoms with Gasteiger partial charge in [-0.1, -0.05) is 18.2 Å². The van der Waals surface area contributed by atoms with Gasteiger partial charge in [-0.3, -0.25) is 4.79 Å². The lowest BCUT2D eigenvalue weighted by Gasteiger charge is -2.15. The van der Waals surface area contributed by atoms with Crippen LogP contribution in [0, 0.1) is 0 Å². The molecule has 0 aliphatic carbocycles. The molecule has 2 N–H and O–H groups in total. The first-order valence-electron chi connectivity index (χ1n) is 5.46. The molecule has 3 nitrogen and oxygen atoms in total. The van der Waals surface area contributed by atoms with Gasteiger partial charge in [0.05, 0.1) is 11.6 Å². The van der Waals surface area contributed by atoms with Crippen LogP contribution >= 0.6 is 0 Å². The molecule has 0 bridgehead atoms. The lowest BCUT2D eigenvalue weighted by Crippen LogP contribution is -2.40. The second-order valence-electron chi connectivity index (χ2n) is 3.88. The standard InChI is InChI=1S/C12H15F3N2O/c1-8(16-2)11(18)17-7-9-5-3-4-6-10(9)12(13,14)15/h3-6,8,16H,7H2,1-2H3,(H,17,18). The van der Waals surface area contributed by atoms with Crippen LogP contribution < -0.4 is 10.6 Å². The van der Waals surface area contributed by atoms with Gasteiger partial charge >= 0.3 is 6.18 Å². The van der Waals surface area contributed by atoms with E-state index in [9.17, 15) is 18.0 Å². The van der Waals surface area contributed by atoms with E-state index in [1.54, 1.807) is 14.0 Å². The van der Waals surface area contributed by atoms with Gasteiger partial charge < -0.3 is 10.6 Å². The van der Waals surface area contributed by atoms with E-state index in [-0.39, 0.29) is 18.0 Å². The van der Waals surface area contributed by atoms with E-state index in [0.717, 1.165) is 6.07 Å². The van der Waals surface area contributed by atoms with Gasteiger partial charge in [0.2, 0.25) is 5.91 Å². The Bertz CT molecular complexity index is 418. The Morgan fingerprint density at radius 1 is 1.33 bits per heavy atom. The summed E-state index contributed by atoms with van der Waals surface area (Å²) in [5, 5.41) is 5.17. The van der Waals surface area contributed by atoms with E-state index < -0.39 is 17.8 Å². The van der Waals surface area contributed by atoms with Crippen molar-refractivity contribution in [2.45, 2.75) is 25.7 Å². The van der Waals surface area contributed by atoms with Gasteiger partial charge in [0, 0.05) is 6.54 Å². The Balaban J connectivity index is 2.77. The van der Waals surface area contributed by atoms with Crippen LogP contribution in [0.15, 0.2) is 24.3 Å². The summed E-state index contributed by atoms with van der Waals surface area (Å²) in [6.07, 6.45) is -4.41. The minimum absolute atomic E-state index is 0.0571. The lowest BCUT2D eigenvalue weighted by molar-refractivity contribution is -0.138. The molecule has 1 unspecified atom stereocenters. The number of hydrogen-bond acceptors (Lipinski definition) is 2. The van der Waals surface area contributed by atoms with E-state index in [0.29, 0.717) is 0 Å². The molecule has 6 heteroatoms. The normalized spacial score (nSPS) is 13.2. The maximum Gasteiger partial charge on any atom is 0.416 e. The van der Waals surface area contributed by atoms with Crippen molar-refractivity contribution in [3.63, 3.8) is 0 Å². The third-order valence-corrected chi connectivity index (χ3v) is 2.60. The molecule has 0 aliphatic rings. The summed E-state index contributed by atoms with van der Waals surface area (Å²) in [4.78, 5) is 11.5. The average molecular weight is 260 g/mol. The Hall–Kier alpha value is -1.56. The highest BCUT2D eigenvalue weighted by Crippen LogP contribution is 2.31. The fourth-order valence-electron chi connectivity index (χ4n) is 1.42. The third-order valence-electron chi connectivity index (χ3n) is 2.60. The van der Waals surface area contributed by atoms with Crippen LogP contribution in [-0.4, -0.2) is 19.0 Å². The topological polar surface area (TPSA) is 41.1 Å². The van der Waals surface area contributed by atoms with Crippen LogP contribution in [0.25, 0.3) is 0 Å². The van der Waals surface area contributed by atoms with Crippen LogP contribution in [-0.2, 0) is 17.5 Å². The number of nitrogens with one attached hydrogen (secondary N) is 2.